The summed E-state index contributed by atoms with van der Waals surface area (Å²) in [6, 6.07) is 18.3. The Kier molecular flexibility index (Phi) is 8.22. The lowest BCUT2D eigenvalue weighted by molar-refractivity contribution is 0.0937. The number of hydrogen-bond acceptors (Lipinski definition) is 5. The number of carbonyl (C=O) groups excluding carboxylic acids is 1. The second-order valence-electron chi connectivity index (χ2n) is 7.18. The van der Waals surface area contributed by atoms with E-state index in [4.69, 9.17) is 9.47 Å². The summed E-state index contributed by atoms with van der Waals surface area (Å²) in [4.78, 5) is 18.0. The van der Waals surface area contributed by atoms with Gasteiger partial charge in [0, 0.05) is 41.4 Å². The van der Waals surface area contributed by atoms with Gasteiger partial charge < -0.3 is 14.8 Å². The van der Waals surface area contributed by atoms with Crippen LogP contribution < -0.4 is 10.1 Å². The third-order valence-corrected chi connectivity index (χ3v) is 6.19. The summed E-state index contributed by atoms with van der Waals surface area (Å²) in [5.41, 5.74) is 3.91. The van der Waals surface area contributed by atoms with Crippen LogP contribution in [-0.2, 0) is 11.2 Å². The van der Waals surface area contributed by atoms with E-state index >= 15 is 0 Å². The van der Waals surface area contributed by atoms with Gasteiger partial charge in [-0.2, -0.15) is 0 Å². The fraction of sp³-hybridized carbons (Fsp3) is 0.200. The SMILES string of the molecule is COCCNC(=O)c1cccc(-c2cccc3cc(Cc4cncc(OC)c4)sc23)c1.Cl. The minimum absolute atomic E-state index is 0. The molecule has 0 aliphatic carbocycles. The summed E-state index contributed by atoms with van der Waals surface area (Å²) in [7, 11) is 3.27. The molecule has 32 heavy (non-hydrogen) atoms. The Bertz CT molecular complexity index is 1210. The number of thiophene rings is 1. The van der Waals surface area contributed by atoms with Crippen molar-refractivity contribution in [2.45, 2.75) is 6.42 Å². The van der Waals surface area contributed by atoms with Crippen molar-refractivity contribution < 1.29 is 14.3 Å². The molecule has 7 heteroatoms. The third kappa shape index (κ3) is 5.46. The highest BCUT2D eigenvalue weighted by Crippen LogP contribution is 2.36. The summed E-state index contributed by atoms with van der Waals surface area (Å²) >= 11 is 1.77. The molecule has 0 unspecified atom stereocenters. The van der Waals surface area contributed by atoms with Crippen molar-refractivity contribution in [3.05, 3.63) is 83.0 Å². The zero-order valence-electron chi connectivity index (χ0n) is 18.0. The quantitative estimate of drug-likeness (QED) is 0.353. The minimum atomic E-state index is -0.0940. The molecule has 1 amide bonds. The van der Waals surface area contributed by atoms with Crippen LogP contribution in [0.3, 0.4) is 0 Å². The summed E-state index contributed by atoms with van der Waals surface area (Å²) in [5, 5.41) is 4.08. The molecule has 2 aromatic carbocycles. The number of pyridine rings is 1. The maximum absolute atomic E-state index is 12.4. The van der Waals surface area contributed by atoms with Crippen LogP contribution >= 0.6 is 23.7 Å². The van der Waals surface area contributed by atoms with Gasteiger partial charge in [-0.05, 0) is 46.3 Å². The summed E-state index contributed by atoms with van der Waals surface area (Å²) in [6.07, 6.45) is 4.38. The molecule has 2 aromatic heterocycles. The van der Waals surface area contributed by atoms with Gasteiger partial charge in [0.15, 0.2) is 0 Å². The number of methoxy groups -OCH3 is 2. The van der Waals surface area contributed by atoms with Gasteiger partial charge >= 0.3 is 0 Å². The second-order valence-corrected chi connectivity index (χ2v) is 8.31. The molecule has 0 saturated heterocycles. The average molecular weight is 469 g/mol. The molecule has 0 spiro atoms. The summed E-state index contributed by atoms with van der Waals surface area (Å²) in [6.45, 7) is 0.980. The van der Waals surface area contributed by atoms with Gasteiger partial charge in [0.25, 0.3) is 5.91 Å². The monoisotopic (exact) mass is 468 g/mol. The lowest BCUT2D eigenvalue weighted by Gasteiger charge is -2.08. The van der Waals surface area contributed by atoms with Crippen molar-refractivity contribution in [2.75, 3.05) is 27.4 Å². The molecule has 2 heterocycles. The first-order valence-corrected chi connectivity index (χ1v) is 10.9. The Labute approximate surface area is 197 Å². The topological polar surface area (TPSA) is 60.5 Å². The van der Waals surface area contributed by atoms with Crippen molar-refractivity contribution in [3.8, 4) is 16.9 Å². The van der Waals surface area contributed by atoms with E-state index < -0.39 is 0 Å². The molecule has 0 bridgehead atoms. The largest absolute Gasteiger partial charge is 0.495 e. The number of nitrogens with one attached hydrogen (secondary N) is 1. The number of fused-ring (bicyclic) bond motifs is 1. The van der Waals surface area contributed by atoms with E-state index in [0.717, 1.165) is 28.9 Å². The molecule has 0 atom stereocenters. The lowest BCUT2D eigenvalue weighted by Crippen LogP contribution is -2.26. The lowest BCUT2D eigenvalue weighted by atomic mass is 10.0. The normalized spacial score (nSPS) is 10.6. The zero-order chi connectivity index (χ0) is 21.6. The summed E-state index contributed by atoms with van der Waals surface area (Å²) in [5.74, 6) is 0.670. The van der Waals surface area contributed by atoms with E-state index in [1.165, 1.54) is 15.0 Å². The molecular formula is C25H25ClN2O3S. The maximum Gasteiger partial charge on any atom is 0.251 e. The molecule has 0 aliphatic heterocycles. The van der Waals surface area contributed by atoms with Gasteiger partial charge in [-0.3, -0.25) is 9.78 Å². The van der Waals surface area contributed by atoms with Crippen molar-refractivity contribution in [1.29, 1.82) is 0 Å². The van der Waals surface area contributed by atoms with Crippen LogP contribution in [0.4, 0.5) is 0 Å². The van der Waals surface area contributed by atoms with Gasteiger partial charge in [0.05, 0.1) is 19.9 Å². The highest BCUT2D eigenvalue weighted by molar-refractivity contribution is 7.19. The predicted molar refractivity (Wildman–Crippen MR) is 132 cm³/mol. The molecular weight excluding hydrogens is 444 g/mol. The van der Waals surface area contributed by atoms with Crippen molar-refractivity contribution in [3.63, 3.8) is 0 Å². The third-order valence-electron chi connectivity index (χ3n) is 5.01. The van der Waals surface area contributed by atoms with E-state index in [2.05, 4.69) is 34.6 Å². The number of halogens is 1. The zero-order valence-corrected chi connectivity index (χ0v) is 19.6. The molecule has 4 aromatic rings. The first kappa shape index (κ1) is 23.7. The smallest absolute Gasteiger partial charge is 0.251 e. The number of nitrogens with zero attached hydrogens (tertiary/aromatic N) is 1. The number of rotatable bonds is 8. The van der Waals surface area contributed by atoms with Gasteiger partial charge in [0.2, 0.25) is 0 Å². The molecule has 0 fully saturated rings. The second kappa shape index (κ2) is 11.1. The average Bonchev–Trinajstić information content (AvgIpc) is 3.21. The van der Waals surface area contributed by atoms with Crippen molar-refractivity contribution >= 4 is 39.7 Å². The van der Waals surface area contributed by atoms with Crippen molar-refractivity contribution in [2.24, 2.45) is 0 Å². The number of carbonyl (C=O) groups is 1. The maximum atomic E-state index is 12.4. The molecule has 4 rings (SSSR count). The summed E-state index contributed by atoms with van der Waals surface area (Å²) < 4.78 is 11.5. The molecule has 0 radical (unpaired) electrons. The first-order valence-electron chi connectivity index (χ1n) is 10.0. The fourth-order valence-corrected chi connectivity index (χ4v) is 4.73. The fourth-order valence-electron chi connectivity index (χ4n) is 3.50. The number of amides is 1. The van der Waals surface area contributed by atoms with Gasteiger partial charge in [-0.15, -0.1) is 23.7 Å². The molecule has 166 valence electrons. The Morgan fingerprint density at radius 3 is 2.72 bits per heavy atom. The molecule has 0 saturated carbocycles. The number of ether oxygens (including phenoxy) is 2. The molecule has 5 nitrogen and oxygen atoms in total. The van der Waals surface area contributed by atoms with Crippen LogP contribution in [0.5, 0.6) is 5.75 Å². The van der Waals surface area contributed by atoms with Gasteiger partial charge in [0.1, 0.15) is 5.75 Å². The van der Waals surface area contributed by atoms with Crippen LogP contribution in [-0.4, -0.2) is 38.3 Å². The van der Waals surface area contributed by atoms with E-state index in [9.17, 15) is 4.79 Å². The Balaban J connectivity index is 0.00000289. The number of hydrogen-bond donors (Lipinski definition) is 1. The van der Waals surface area contributed by atoms with Crippen LogP contribution in [0.25, 0.3) is 21.2 Å². The minimum Gasteiger partial charge on any atom is -0.495 e. The number of aromatic nitrogens is 1. The van der Waals surface area contributed by atoms with Gasteiger partial charge in [-0.1, -0.05) is 30.3 Å². The Morgan fingerprint density at radius 1 is 1.06 bits per heavy atom. The highest BCUT2D eigenvalue weighted by atomic mass is 35.5. The van der Waals surface area contributed by atoms with Crippen LogP contribution in [0, 0.1) is 0 Å². The molecule has 0 aliphatic rings. The van der Waals surface area contributed by atoms with Crippen molar-refractivity contribution in [1.82, 2.24) is 10.3 Å². The van der Waals surface area contributed by atoms with Crippen LogP contribution in [0.2, 0.25) is 0 Å². The standard InChI is InChI=1S/C25H24N2O3S.ClH/c1-29-10-9-27-25(28)20-7-3-5-18(13-20)23-8-4-6-19-14-22(31-24(19)23)12-17-11-21(30-2)16-26-15-17;/h3-8,11,13-16H,9-10,12H2,1-2H3,(H,27,28);1H. The van der Waals surface area contributed by atoms with Crippen LogP contribution in [0.15, 0.2) is 67.0 Å². The van der Waals surface area contributed by atoms with Crippen LogP contribution in [0.1, 0.15) is 20.8 Å². The molecule has 1 N–H and O–H groups in total. The highest BCUT2D eigenvalue weighted by Gasteiger charge is 2.12. The van der Waals surface area contributed by atoms with E-state index in [1.54, 1.807) is 31.8 Å². The Hall–Kier alpha value is -2.93. The first-order chi connectivity index (χ1) is 15.2. The van der Waals surface area contributed by atoms with E-state index in [0.29, 0.717) is 18.7 Å². The predicted octanol–water partition coefficient (Wildman–Crippen LogP) is 5.36. The number of benzene rings is 2. The van der Waals surface area contributed by atoms with E-state index in [1.807, 2.05) is 36.5 Å². The van der Waals surface area contributed by atoms with E-state index in [-0.39, 0.29) is 18.3 Å². The van der Waals surface area contributed by atoms with Gasteiger partial charge in [-0.25, -0.2) is 0 Å². The Morgan fingerprint density at radius 2 is 1.91 bits per heavy atom.